The largest absolute Gasteiger partial charge is 0.472 e. The van der Waals surface area contributed by atoms with Gasteiger partial charge in [0.1, 0.15) is 19.8 Å². The van der Waals surface area contributed by atoms with Crippen LogP contribution in [0.4, 0.5) is 0 Å². The van der Waals surface area contributed by atoms with Crippen molar-refractivity contribution in [3.63, 3.8) is 0 Å². The molecule has 0 rings (SSSR count). The molecule has 0 amide bonds. The van der Waals surface area contributed by atoms with Gasteiger partial charge in [0.05, 0.1) is 27.7 Å². The fourth-order valence-corrected chi connectivity index (χ4v) is 9.09. The molecule has 438 valence electrons. The van der Waals surface area contributed by atoms with Crippen LogP contribution in [0, 0.1) is 0 Å². The molecule has 0 aromatic rings. The van der Waals surface area contributed by atoms with Crippen LogP contribution in [-0.2, 0) is 32.7 Å². The van der Waals surface area contributed by atoms with Gasteiger partial charge in [-0.3, -0.25) is 18.6 Å². The van der Waals surface area contributed by atoms with Crippen molar-refractivity contribution in [3.05, 3.63) is 97.2 Å². The lowest BCUT2D eigenvalue weighted by atomic mass is 10.0. The maximum absolute atomic E-state index is 12.8. The lowest BCUT2D eigenvalue weighted by molar-refractivity contribution is -0.870. The number of quaternary nitrogens is 1. The predicted molar refractivity (Wildman–Crippen MR) is 325 cm³/mol. The van der Waals surface area contributed by atoms with E-state index in [2.05, 4.69) is 111 Å². The van der Waals surface area contributed by atoms with Crippen molar-refractivity contribution < 1.29 is 42.1 Å². The zero-order chi connectivity index (χ0) is 55.6. The SMILES string of the molecule is CC/C=C\C/C=C\C/C=C\C/C=C\C/C=C\C/C=C\CCCCCCCCCCCCCCCCC(=O)OC(COC(=O)CCCCCCCCCCC/C=C\C/C=C\CCCCC)COP(=O)(O)OCC[N+](C)(C)C. The Bertz CT molecular complexity index is 1600. The van der Waals surface area contributed by atoms with Gasteiger partial charge in [-0.05, 0) is 96.3 Å². The summed E-state index contributed by atoms with van der Waals surface area (Å²) >= 11 is 0. The van der Waals surface area contributed by atoms with E-state index >= 15 is 0 Å². The molecular formula is C66H117NO8P+. The number of phosphoric acid groups is 1. The Morgan fingerprint density at radius 2 is 0.750 bits per heavy atom. The summed E-state index contributed by atoms with van der Waals surface area (Å²) < 4.78 is 34.6. The number of carbonyl (C=O) groups is 2. The lowest BCUT2D eigenvalue weighted by Crippen LogP contribution is -2.37. The molecule has 0 aliphatic carbocycles. The highest BCUT2D eigenvalue weighted by Crippen LogP contribution is 2.43. The molecule has 76 heavy (non-hydrogen) atoms. The summed E-state index contributed by atoms with van der Waals surface area (Å²) in [6.45, 7) is 4.30. The number of nitrogens with zero attached hydrogens (tertiary/aromatic N) is 1. The number of unbranched alkanes of at least 4 members (excludes halogenated alkanes) is 26. The number of carbonyl (C=O) groups excluding carboxylic acids is 2. The molecule has 0 aliphatic rings. The van der Waals surface area contributed by atoms with E-state index < -0.39 is 26.5 Å². The van der Waals surface area contributed by atoms with Gasteiger partial charge < -0.3 is 18.9 Å². The van der Waals surface area contributed by atoms with Crippen molar-refractivity contribution in [3.8, 4) is 0 Å². The van der Waals surface area contributed by atoms with E-state index in [9.17, 15) is 19.0 Å². The average Bonchev–Trinajstić information content (AvgIpc) is 3.38. The molecule has 0 aromatic heterocycles. The molecular weight excluding hydrogens is 966 g/mol. The third-order valence-corrected chi connectivity index (χ3v) is 14.1. The van der Waals surface area contributed by atoms with E-state index in [1.54, 1.807) is 0 Å². The Kier molecular flexibility index (Phi) is 54.4. The van der Waals surface area contributed by atoms with Crippen LogP contribution in [0.15, 0.2) is 97.2 Å². The van der Waals surface area contributed by atoms with Crippen LogP contribution in [0.25, 0.3) is 0 Å². The highest BCUT2D eigenvalue weighted by Gasteiger charge is 2.27. The van der Waals surface area contributed by atoms with Crippen molar-refractivity contribution in [2.24, 2.45) is 0 Å². The van der Waals surface area contributed by atoms with E-state index in [1.807, 2.05) is 21.1 Å². The Morgan fingerprint density at radius 1 is 0.421 bits per heavy atom. The topological polar surface area (TPSA) is 108 Å². The maximum Gasteiger partial charge on any atom is 0.472 e. The number of rotatable bonds is 56. The van der Waals surface area contributed by atoms with Gasteiger partial charge in [-0.15, -0.1) is 0 Å². The quantitative estimate of drug-likeness (QED) is 0.0211. The number of hydrogen-bond acceptors (Lipinski definition) is 7. The van der Waals surface area contributed by atoms with Crippen LogP contribution < -0.4 is 0 Å². The average molecular weight is 1080 g/mol. The second kappa shape index (κ2) is 56.6. The van der Waals surface area contributed by atoms with Gasteiger partial charge >= 0.3 is 19.8 Å². The first-order valence-corrected chi connectivity index (χ1v) is 32.5. The highest BCUT2D eigenvalue weighted by atomic mass is 31.2. The highest BCUT2D eigenvalue weighted by molar-refractivity contribution is 7.47. The van der Waals surface area contributed by atoms with Crippen molar-refractivity contribution in [1.82, 2.24) is 0 Å². The number of ether oxygens (including phenoxy) is 2. The monoisotopic (exact) mass is 1080 g/mol. The first-order valence-electron chi connectivity index (χ1n) is 31.0. The molecule has 9 nitrogen and oxygen atoms in total. The second-order valence-corrected chi connectivity index (χ2v) is 23.2. The third kappa shape index (κ3) is 60.2. The third-order valence-electron chi connectivity index (χ3n) is 13.1. The van der Waals surface area contributed by atoms with Gasteiger partial charge in [-0.1, -0.05) is 246 Å². The summed E-state index contributed by atoms with van der Waals surface area (Å²) in [5.74, 6) is -0.801. The number of esters is 2. The van der Waals surface area contributed by atoms with Crippen LogP contribution in [0.5, 0.6) is 0 Å². The van der Waals surface area contributed by atoms with E-state index in [4.69, 9.17) is 18.5 Å². The standard InChI is InChI=1S/C66H116NO8P/c1-6-8-10-12-14-16-18-20-22-24-26-27-28-29-30-31-32-33-34-35-36-37-38-39-41-43-45-47-49-51-53-55-57-59-66(69)75-64(63-74-76(70,71)73-61-60-67(3,4)5)62-72-65(68)58-56-54-52-50-48-46-44-42-40-25-23-21-19-17-15-13-11-9-7-2/h8,10,14-17,20-23,26-27,29-30,32-33,64H,6-7,9,11-13,18-19,24-25,28,31,34-63H2,1-5H3/p+1/b10-8-,16-14-,17-15-,22-20-,23-21-,27-26-,30-29-,33-32-. The summed E-state index contributed by atoms with van der Waals surface area (Å²) in [6, 6.07) is 0. The molecule has 0 saturated heterocycles. The van der Waals surface area contributed by atoms with Crippen molar-refractivity contribution in [2.75, 3.05) is 47.5 Å². The molecule has 1 N–H and O–H groups in total. The zero-order valence-electron chi connectivity index (χ0n) is 49.7. The smallest absolute Gasteiger partial charge is 0.462 e. The molecule has 0 aliphatic heterocycles. The van der Waals surface area contributed by atoms with E-state index in [-0.39, 0.29) is 32.0 Å². The van der Waals surface area contributed by atoms with Gasteiger partial charge in [-0.2, -0.15) is 0 Å². The molecule has 0 radical (unpaired) electrons. The summed E-state index contributed by atoms with van der Waals surface area (Å²) in [5, 5.41) is 0. The summed E-state index contributed by atoms with van der Waals surface area (Å²) in [5.41, 5.74) is 0. The Labute approximate surface area is 468 Å². The first kappa shape index (κ1) is 72.9. The minimum atomic E-state index is -4.39. The number of hydrogen-bond donors (Lipinski definition) is 1. The van der Waals surface area contributed by atoms with Gasteiger partial charge in [0, 0.05) is 12.8 Å². The minimum absolute atomic E-state index is 0.0278. The van der Waals surface area contributed by atoms with Crippen molar-refractivity contribution in [2.45, 2.75) is 264 Å². The number of allylic oxidation sites excluding steroid dienone is 16. The first-order chi connectivity index (χ1) is 37.0. The van der Waals surface area contributed by atoms with Gasteiger partial charge in [0.25, 0.3) is 0 Å². The number of likely N-dealkylation sites (N-methyl/N-ethyl adjacent to an activating group) is 1. The molecule has 0 aromatic carbocycles. The summed E-state index contributed by atoms with van der Waals surface area (Å²) in [7, 11) is 1.47. The molecule has 0 fully saturated rings. The second-order valence-electron chi connectivity index (χ2n) is 21.7. The van der Waals surface area contributed by atoms with Crippen LogP contribution >= 0.6 is 7.82 Å². The van der Waals surface area contributed by atoms with Crippen LogP contribution in [0.2, 0.25) is 0 Å². The van der Waals surface area contributed by atoms with E-state index in [1.165, 1.54) is 141 Å². The summed E-state index contributed by atoms with van der Waals surface area (Å²) in [6.07, 6.45) is 77.6. The Morgan fingerprint density at radius 3 is 1.12 bits per heavy atom. The Balaban J connectivity index is 4.10. The van der Waals surface area contributed by atoms with E-state index in [0.717, 1.165) is 83.5 Å². The normalized spacial score (nSPS) is 13.9. The van der Waals surface area contributed by atoms with Gasteiger partial charge in [-0.25, -0.2) is 4.57 Å². The van der Waals surface area contributed by atoms with Crippen molar-refractivity contribution >= 4 is 19.8 Å². The molecule has 0 saturated carbocycles. The molecule has 0 heterocycles. The molecule has 2 atom stereocenters. The zero-order valence-corrected chi connectivity index (χ0v) is 50.6. The molecule has 10 heteroatoms. The number of phosphoric ester groups is 1. The van der Waals surface area contributed by atoms with Crippen LogP contribution in [0.1, 0.15) is 258 Å². The van der Waals surface area contributed by atoms with Crippen LogP contribution in [-0.4, -0.2) is 74.9 Å². The molecule has 2 unspecified atom stereocenters. The lowest BCUT2D eigenvalue weighted by Gasteiger charge is -2.24. The maximum atomic E-state index is 12.8. The predicted octanol–water partition coefficient (Wildman–Crippen LogP) is 19.6. The van der Waals surface area contributed by atoms with Gasteiger partial charge in [0.15, 0.2) is 6.10 Å². The molecule has 0 bridgehead atoms. The fraction of sp³-hybridized carbons (Fsp3) is 0.727. The Hall–Kier alpha value is -3.07. The fourth-order valence-electron chi connectivity index (χ4n) is 8.34. The van der Waals surface area contributed by atoms with Gasteiger partial charge in [0.2, 0.25) is 0 Å². The van der Waals surface area contributed by atoms with Crippen LogP contribution in [0.3, 0.4) is 0 Å². The minimum Gasteiger partial charge on any atom is -0.462 e. The molecule has 0 spiro atoms. The summed E-state index contributed by atoms with van der Waals surface area (Å²) in [4.78, 5) is 35.7. The van der Waals surface area contributed by atoms with Crippen molar-refractivity contribution in [1.29, 1.82) is 0 Å². The van der Waals surface area contributed by atoms with E-state index in [0.29, 0.717) is 17.4 Å².